The number of carbonyl (C=O) groups is 1. The number of hydrogen-bond donors (Lipinski definition) is 4. The number of nitrogens with two attached hydrogens (primary N) is 2. The predicted octanol–water partition coefficient (Wildman–Crippen LogP) is 3.80. The average Bonchev–Trinajstić information content (AvgIpc) is 3.15. The maximum Gasteiger partial charge on any atom is 0.291 e. The highest BCUT2D eigenvalue weighted by Crippen LogP contribution is 2.41. The summed E-state index contributed by atoms with van der Waals surface area (Å²) in [6.45, 7) is 5.91. The molecule has 7 heteroatoms. The van der Waals surface area contributed by atoms with Crippen LogP contribution in [0.25, 0.3) is 5.57 Å². The SMILES string of the molecule is CC1(C)CC=C(c2cc(C3(N)CCOCC3)ccc2NC(=O)c2ncc(N)[nH]2)CC1. The van der Waals surface area contributed by atoms with E-state index in [1.165, 1.54) is 11.8 Å². The van der Waals surface area contributed by atoms with E-state index < -0.39 is 5.54 Å². The van der Waals surface area contributed by atoms with Crippen molar-refractivity contribution < 1.29 is 9.53 Å². The lowest BCUT2D eigenvalue weighted by Gasteiger charge is -2.35. The molecule has 2 heterocycles. The second-order valence-electron chi connectivity index (χ2n) is 9.27. The number of ether oxygens (including phenoxy) is 1. The summed E-state index contributed by atoms with van der Waals surface area (Å²) in [6, 6.07) is 6.13. The number of aromatic amines is 1. The number of benzene rings is 1. The van der Waals surface area contributed by atoms with E-state index >= 15 is 0 Å². The molecule has 0 unspecified atom stereocenters. The van der Waals surface area contributed by atoms with Crippen LogP contribution in [0, 0.1) is 5.41 Å². The third-order valence-corrected chi connectivity index (χ3v) is 6.36. The maximum atomic E-state index is 12.7. The molecular formula is C23H31N5O2. The zero-order chi connectivity index (χ0) is 21.4. The van der Waals surface area contributed by atoms with Crippen molar-refractivity contribution in [2.45, 2.75) is 51.5 Å². The summed E-state index contributed by atoms with van der Waals surface area (Å²) in [5.74, 6) is 0.240. The van der Waals surface area contributed by atoms with Crippen molar-refractivity contribution in [3.05, 3.63) is 47.4 Å². The quantitative estimate of drug-likeness (QED) is 0.612. The molecule has 4 rings (SSSR count). The van der Waals surface area contributed by atoms with E-state index in [1.807, 2.05) is 12.1 Å². The Balaban J connectivity index is 1.69. The van der Waals surface area contributed by atoms with Gasteiger partial charge in [-0.15, -0.1) is 0 Å². The van der Waals surface area contributed by atoms with Gasteiger partial charge < -0.3 is 26.5 Å². The molecule has 0 saturated carbocycles. The number of nitrogens with one attached hydrogen (secondary N) is 2. The number of hydrogen-bond acceptors (Lipinski definition) is 5. The van der Waals surface area contributed by atoms with Crippen LogP contribution in [-0.4, -0.2) is 29.1 Å². The molecule has 7 nitrogen and oxygen atoms in total. The number of nitrogen functional groups attached to an aromatic ring is 1. The zero-order valence-electron chi connectivity index (χ0n) is 17.8. The zero-order valence-corrected chi connectivity index (χ0v) is 17.8. The second-order valence-corrected chi connectivity index (χ2v) is 9.27. The lowest BCUT2D eigenvalue weighted by molar-refractivity contribution is 0.0522. The Labute approximate surface area is 177 Å². The standard InChI is InChI=1S/C23H31N5O2/c1-22(2)7-5-15(6-8-22)17-13-16(23(25)9-11-30-12-10-23)3-4-18(17)27-21(29)20-26-14-19(24)28-20/h3-5,13-14H,6-12,24-25H2,1-2H3,(H,26,28)(H,27,29). The molecule has 1 amide bonds. The van der Waals surface area contributed by atoms with E-state index in [1.54, 1.807) is 0 Å². The summed E-state index contributed by atoms with van der Waals surface area (Å²) < 4.78 is 5.51. The first-order chi connectivity index (χ1) is 14.3. The number of nitrogens with zero attached hydrogens (tertiary/aromatic N) is 1. The van der Waals surface area contributed by atoms with E-state index in [9.17, 15) is 4.79 Å². The first-order valence-corrected chi connectivity index (χ1v) is 10.6. The summed E-state index contributed by atoms with van der Waals surface area (Å²) in [5.41, 5.74) is 16.5. The Morgan fingerprint density at radius 1 is 1.23 bits per heavy atom. The minimum absolute atomic E-state index is 0.195. The van der Waals surface area contributed by atoms with Gasteiger partial charge in [0.2, 0.25) is 0 Å². The number of imidazole rings is 1. The molecule has 160 valence electrons. The number of aromatic nitrogens is 2. The fourth-order valence-electron chi connectivity index (χ4n) is 4.21. The van der Waals surface area contributed by atoms with Crippen molar-refractivity contribution in [2.24, 2.45) is 11.1 Å². The summed E-state index contributed by atoms with van der Waals surface area (Å²) >= 11 is 0. The largest absolute Gasteiger partial charge is 0.384 e. The van der Waals surface area contributed by atoms with Gasteiger partial charge in [0.05, 0.1) is 6.20 Å². The third-order valence-electron chi connectivity index (χ3n) is 6.36. The summed E-state index contributed by atoms with van der Waals surface area (Å²) in [4.78, 5) is 19.5. The molecule has 6 N–H and O–H groups in total. The van der Waals surface area contributed by atoms with Crippen molar-refractivity contribution >= 4 is 23.0 Å². The topological polar surface area (TPSA) is 119 Å². The molecule has 30 heavy (non-hydrogen) atoms. The Morgan fingerprint density at radius 2 is 2.00 bits per heavy atom. The molecule has 1 aromatic carbocycles. The van der Waals surface area contributed by atoms with Crippen LogP contribution in [0.3, 0.4) is 0 Å². The summed E-state index contributed by atoms with van der Waals surface area (Å²) in [5, 5.41) is 3.01. The van der Waals surface area contributed by atoms with Gasteiger partial charge in [-0.25, -0.2) is 4.98 Å². The van der Waals surface area contributed by atoms with Crippen LogP contribution in [-0.2, 0) is 10.3 Å². The van der Waals surface area contributed by atoms with Gasteiger partial charge in [-0.1, -0.05) is 26.0 Å². The van der Waals surface area contributed by atoms with Gasteiger partial charge >= 0.3 is 0 Å². The third kappa shape index (κ3) is 4.27. The molecule has 1 saturated heterocycles. The molecule has 0 atom stereocenters. The van der Waals surface area contributed by atoms with E-state index in [0.29, 0.717) is 24.4 Å². The number of carbonyl (C=O) groups excluding carboxylic acids is 1. The minimum Gasteiger partial charge on any atom is -0.384 e. The van der Waals surface area contributed by atoms with Gasteiger partial charge in [0, 0.05) is 30.0 Å². The van der Waals surface area contributed by atoms with E-state index in [2.05, 4.69) is 41.3 Å². The monoisotopic (exact) mass is 409 g/mol. The lowest BCUT2D eigenvalue weighted by Crippen LogP contribution is -2.42. The fraction of sp³-hybridized carbons (Fsp3) is 0.478. The highest BCUT2D eigenvalue weighted by molar-refractivity contribution is 6.03. The summed E-state index contributed by atoms with van der Waals surface area (Å²) in [6.07, 6.45) is 8.40. The molecule has 0 spiro atoms. The normalized spacial score (nSPS) is 20.4. The van der Waals surface area contributed by atoms with Gasteiger partial charge in [-0.05, 0) is 60.8 Å². The molecule has 1 aliphatic carbocycles. The number of allylic oxidation sites excluding steroid dienone is 2. The molecule has 1 fully saturated rings. The van der Waals surface area contributed by atoms with Crippen LogP contribution in [0.5, 0.6) is 0 Å². The molecular weight excluding hydrogens is 378 g/mol. The summed E-state index contributed by atoms with van der Waals surface area (Å²) in [7, 11) is 0. The van der Waals surface area contributed by atoms with Crippen LogP contribution >= 0.6 is 0 Å². The molecule has 1 aliphatic heterocycles. The van der Waals surface area contributed by atoms with Crippen LogP contribution in [0.1, 0.15) is 67.7 Å². The number of rotatable bonds is 4. The molecule has 0 radical (unpaired) electrons. The Bertz CT molecular complexity index is 970. The van der Waals surface area contributed by atoms with E-state index in [-0.39, 0.29) is 11.7 Å². The molecule has 2 aliphatic rings. The fourth-order valence-corrected chi connectivity index (χ4v) is 4.21. The lowest BCUT2D eigenvalue weighted by atomic mass is 9.76. The second kappa shape index (κ2) is 7.89. The van der Waals surface area contributed by atoms with Gasteiger partial charge in [-0.3, -0.25) is 4.79 Å². The highest BCUT2D eigenvalue weighted by atomic mass is 16.5. The Morgan fingerprint density at radius 3 is 2.63 bits per heavy atom. The van der Waals surface area contributed by atoms with Gasteiger partial charge in [0.15, 0.2) is 5.82 Å². The van der Waals surface area contributed by atoms with E-state index in [4.69, 9.17) is 16.2 Å². The molecule has 2 aromatic rings. The number of anilines is 2. The average molecular weight is 410 g/mol. The molecule has 1 aromatic heterocycles. The van der Waals surface area contributed by atoms with Gasteiger partial charge in [-0.2, -0.15) is 0 Å². The maximum absolute atomic E-state index is 12.7. The minimum atomic E-state index is -0.403. The van der Waals surface area contributed by atoms with Crippen LogP contribution in [0.2, 0.25) is 0 Å². The predicted molar refractivity (Wildman–Crippen MR) is 119 cm³/mol. The first-order valence-electron chi connectivity index (χ1n) is 10.6. The van der Waals surface area contributed by atoms with Crippen molar-refractivity contribution in [1.82, 2.24) is 9.97 Å². The van der Waals surface area contributed by atoms with Crippen LogP contribution in [0.15, 0.2) is 30.5 Å². The smallest absolute Gasteiger partial charge is 0.291 e. The first kappa shape index (κ1) is 20.6. The Hall–Kier alpha value is -2.64. The van der Waals surface area contributed by atoms with Crippen molar-refractivity contribution in [3.8, 4) is 0 Å². The van der Waals surface area contributed by atoms with Crippen molar-refractivity contribution in [1.29, 1.82) is 0 Å². The Kier molecular flexibility index (Phi) is 5.42. The van der Waals surface area contributed by atoms with Crippen molar-refractivity contribution in [2.75, 3.05) is 24.3 Å². The van der Waals surface area contributed by atoms with Crippen LogP contribution in [0.4, 0.5) is 11.5 Å². The van der Waals surface area contributed by atoms with Gasteiger partial charge in [0.1, 0.15) is 5.82 Å². The van der Waals surface area contributed by atoms with E-state index in [0.717, 1.165) is 48.9 Å². The number of H-pyrrole nitrogens is 1. The van der Waals surface area contributed by atoms with Gasteiger partial charge in [0.25, 0.3) is 5.91 Å². The highest BCUT2D eigenvalue weighted by Gasteiger charge is 2.31. The number of amides is 1. The van der Waals surface area contributed by atoms with Crippen molar-refractivity contribution in [3.63, 3.8) is 0 Å². The van der Waals surface area contributed by atoms with Crippen LogP contribution < -0.4 is 16.8 Å². The molecule has 0 bridgehead atoms.